The summed E-state index contributed by atoms with van der Waals surface area (Å²) >= 11 is 12.2. The first kappa shape index (κ1) is 28.5. The number of rotatable bonds is 9. The molecule has 1 amide bonds. The predicted octanol–water partition coefficient (Wildman–Crippen LogP) is 8.61. The molecule has 41 heavy (non-hydrogen) atoms. The highest BCUT2D eigenvalue weighted by molar-refractivity contribution is 6.42. The van der Waals surface area contributed by atoms with Crippen molar-refractivity contribution in [3.63, 3.8) is 0 Å². The van der Waals surface area contributed by atoms with Crippen molar-refractivity contribution in [1.82, 2.24) is 9.78 Å². The van der Waals surface area contributed by atoms with Crippen molar-refractivity contribution in [2.45, 2.75) is 46.3 Å². The van der Waals surface area contributed by atoms with Gasteiger partial charge in [0, 0.05) is 5.41 Å². The van der Waals surface area contributed by atoms with Gasteiger partial charge in [-0.05, 0) is 66.9 Å². The fraction of sp³-hybridized carbons (Fsp3) is 0.212. The Labute approximate surface area is 249 Å². The molecule has 1 N–H and O–H groups in total. The smallest absolute Gasteiger partial charge is 0.291 e. The minimum Gasteiger partial charge on any atom is -0.486 e. The number of furan rings is 1. The fourth-order valence-corrected chi connectivity index (χ4v) is 5.06. The second-order valence-corrected chi connectivity index (χ2v) is 11.3. The summed E-state index contributed by atoms with van der Waals surface area (Å²) in [5.74, 6) is 1.11. The standard InChI is InChI=1S/C33H31Cl2N3O3/c1-21-31(22(2)38(37-21)19-23-10-16-28(34)29(35)18-23)36-32(39)30-17-15-27(41-30)20-40-26-13-11-25(12-14-26)33(3,4)24-8-6-5-7-9-24/h5-18H,19-20H2,1-4H3,(H,36,39). The summed E-state index contributed by atoms with van der Waals surface area (Å²) in [7, 11) is 0. The fourth-order valence-electron chi connectivity index (χ4n) is 4.74. The molecule has 5 rings (SSSR count). The zero-order chi connectivity index (χ0) is 29.1. The lowest BCUT2D eigenvalue weighted by Gasteiger charge is -2.26. The SMILES string of the molecule is Cc1nn(Cc2ccc(Cl)c(Cl)c2)c(C)c1NC(=O)c1ccc(COc2ccc(C(C)(C)c3ccccc3)cc2)o1. The first-order chi connectivity index (χ1) is 19.6. The van der Waals surface area contributed by atoms with E-state index in [4.69, 9.17) is 32.4 Å². The van der Waals surface area contributed by atoms with Crippen molar-refractivity contribution in [3.05, 3.63) is 135 Å². The van der Waals surface area contributed by atoms with E-state index in [1.54, 1.807) is 18.2 Å². The van der Waals surface area contributed by atoms with Gasteiger partial charge in [0.05, 0.1) is 33.7 Å². The number of aryl methyl sites for hydroxylation is 1. The van der Waals surface area contributed by atoms with Crippen LogP contribution in [0.4, 0.5) is 5.69 Å². The average Bonchev–Trinajstić information content (AvgIpc) is 3.55. The van der Waals surface area contributed by atoms with Crippen LogP contribution in [-0.2, 0) is 18.6 Å². The monoisotopic (exact) mass is 587 g/mol. The van der Waals surface area contributed by atoms with Crippen LogP contribution in [0.5, 0.6) is 5.75 Å². The van der Waals surface area contributed by atoms with Gasteiger partial charge in [0.1, 0.15) is 18.1 Å². The molecule has 2 heterocycles. The maximum absolute atomic E-state index is 13.0. The Hall–Kier alpha value is -4.00. The highest BCUT2D eigenvalue weighted by Crippen LogP contribution is 2.32. The Kier molecular flexibility index (Phi) is 8.25. The third-order valence-corrected chi connectivity index (χ3v) is 8.01. The molecule has 0 fully saturated rings. The van der Waals surface area contributed by atoms with E-state index in [9.17, 15) is 4.79 Å². The van der Waals surface area contributed by atoms with Crippen LogP contribution in [0.15, 0.2) is 89.3 Å². The second-order valence-electron chi connectivity index (χ2n) is 10.5. The molecule has 0 saturated carbocycles. The van der Waals surface area contributed by atoms with Gasteiger partial charge in [-0.3, -0.25) is 9.48 Å². The molecule has 0 aliphatic rings. The van der Waals surface area contributed by atoms with Gasteiger partial charge in [0.25, 0.3) is 5.91 Å². The summed E-state index contributed by atoms with van der Waals surface area (Å²) in [6, 6.07) is 27.3. The van der Waals surface area contributed by atoms with Crippen LogP contribution in [-0.4, -0.2) is 15.7 Å². The van der Waals surface area contributed by atoms with Gasteiger partial charge in [-0.15, -0.1) is 0 Å². The van der Waals surface area contributed by atoms with E-state index in [2.05, 4.69) is 60.7 Å². The molecule has 0 atom stereocenters. The number of halogens is 2. The Morgan fingerprint density at radius 1 is 0.927 bits per heavy atom. The first-order valence-corrected chi connectivity index (χ1v) is 14.0. The minimum atomic E-state index is -0.357. The zero-order valence-corrected chi connectivity index (χ0v) is 24.9. The molecule has 6 nitrogen and oxygen atoms in total. The molecule has 0 aliphatic heterocycles. The number of carbonyl (C=O) groups is 1. The molecule has 0 aliphatic carbocycles. The third kappa shape index (κ3) is 6.34. The number of aromatic nitrogens is 2. The quantitative estimate of drug-likeness (QED) is 0.187. The number of amides is 1. The van der Waals surface area contributed by atoms with Crippen molar-refractivity contribution >= 4 is 34.8 Å². The van der Waals surface area contributed by atoms with Crippen molar-refractivity contribution in [2.75, 3.05) is 5.32 Å². The summed E-state index contributed by atoms with van der Waals surface area (Å²) in [5.41, 5.74) is 5.43. The summed E-state index contributed by atoms with van der Waals surface area (Å²) in [4.78, 5) is 13.0. The van der Waals surface area contributed by atoms with Crippen molar-refractivity contribution < 1.29 is 13.9 Å². The third-order valence-electron chi connectivity index (χ3n) is 7.27. The van der Waals surface area contributed by atoms with E-state index in [0.717, 1.165) is 17.0 Å². The molecular weight excluding hydrogens is 557 g/mol. The van der Waals surface area contributed by atoms with Crippen LogP contribution >= 0.6 is 23.2 Å². The lowest BCUT2D eigenvalue weighted by atomic mass is 9.78. The molecule has 5 aromatic rings. The van der Waals surface area contributed by atoms with Gasteiger partial charge < -0.3 is 14.5 Å². The summed E-state index contributed by atoms with van der Waals surface area (Å²) in [5, 5.41) is 8.51. The number of hydrogen-bond donors (Lipinski definition) is 1. The number of carbonyl (C=O) groups excluding carboxylic acids is 1. The van der Waals surface area contributed by atoms with Crippen LogP contribution < -0.4 is 10.1 Å². The molecule has 210 valence electrons. The zero-order valence-electron chi connectivity index (χ0n) is 23.4. The number of nitrogens with zero attached hydrogens (tertiary/aromatic N) is 2. The van der Waals surface area contributed by atoms with Gasteiger partial charge in [-0.25, -0.2) is 0 Å². The molecular formula is C33H31Cl2N3O3. The molecule has 8 heteroatoms. The Morgan fingerprint density at radius 2 is 1.63 bits per heavy atom. The Morgan fingerprint density at radius 3 is 2.34 bits per heavy atom. The number of anilines is 1. The summed E-state index contributed by atoms with van der Waals surface area (Å²) in [6.45, 7) is 8.86. The molecule has 0 radical (unpaired) electrons. The number of hydrogen-bond acceptors (Lipinski definition) is 4. The molecule has 3 aromatic carbocycles. The van der Waals surface area contributed by atoms with Gasteiger partial charge >= 0.3 is 0 Å². The normalized spacial score (nSPS) is 11.5. The van der Waals surface area contributed by atoms with Crippen LogP contribution in [0.1, 0.15) is 58.2 Å². The lowest BCUT2D eigenvalue weighted by molar-refractivity contribution is 0.0992. The topological polar surface area (TPSA) is 69.3 Å². The first-order valence-electron chi connectivity index (χ1n) is 13.3. The number of ether oxygens (including phenoxy) is 1. The summed E-state index contributed by atoms with van der Waals surface area (Å²) < 4.78 is 13.5. The van der Waals surface area contributed by atoms with Crippen LogP contribution in [0.3, 0.4) is 0 Å². The predicted molar refractivity (Wildman–Crippen MR) is 163 cm³/mol. The largest absolute Gasteiger partial charge is 0.486 e. The van der Waals surface area contributed by atoms with E-state index < -0.39 is 0 Å². The van der Waals surface area contributed by atoms with Crippen molar-refractivity contribution in [2.24, 2.45) is 0 Å². The van der Waals surface area contributed by atoms with Crippen LogP contribution in [0.2, 0.25) is 10.0 Å². The van der Waals surface area contributed by atoms with E-state index >= 15 is 0 Å². The Bertz CT molecular complexity index is 1670. The Balaban J connectivity index is 1.20. The molecule has 0 bridgehead atoms. The molecule has 2 aromatic heterocycles. The van der Waals surface area contributed by atoms with Gasteiger partial charge in [-0.1, -0.05) is 85.6 Å². The van der Waals surface area contributed by atoms with Gasteiger partial charge in [-0.2, -0.15) is 5.10 Å². The van der Waals surface area contributed by atoms with Crippen molar-refractivity contribution in [3.8, 4) is 5.75 Å². The van der Waals surface area contributed by atoms with E-state index in [1.165, 1.54) is 11.1 Å². The van der Waals surface area contributed by atoms with E-state index in [1.807, 2.05) is 48.9 Å². The lowest BCUT2D eigenvalue weighted by Crippen LogP contribution is -2.18. The molecule has 0 spiro atoms. The van der Waals surface area contributed by atoms with Crippen LogP contribution in [0.25, 0.3) is 0 Å². The molecule has 0 saturated heterocycles. The highest BCUT2D eigenvalue weighted by atomic mass is 35.5. The molecule has 0 unspecified atom stereocenters. The highest BCUT2D eigenvalue weighted by Gasteiger charge is 2.23. The number of benzene rings is 3. The number of nitrogens with one attached hydrogen (secondary N) is 1. The van der Waals surface area contributed by atoms with Gasteiger partial charge in [0.15, 0.2) is 5.76 Å². The average molecular weight is 589 g/mol. The minimum absolute atomic E-state index is 0.125. The maximum atomic E-state index is 13.0. The van der Waals surface area contributed by atoms with Gasteiger partial charge in [0.2, 0.25) is 0 Å². The summed E-state index contributed by atoms with van der Waals surface area (Å²) in [6.07, 6.45) is 0. The maximum Gasteiger partial charge on any atom is 0.291 e. The second kappa shape index (κ2) is 11.9. The van der Waals surface area contributed by atoms with Crippen LogP contribution in [0, 0.1) is 13.8 Å². The van der Waals surface area contributed by atoms with E-state index in [-0.39, 0.29) is 23.7 Å². The van der Waals surface area contributed by atoms with Crippen molar-refractivity contribution in [1.29, 1.82) is 0 Å². The van der Waals surface area contributed by atoms with E-state index in [0.29, 0.717) is 33.7 Å².